The molecular formula is C37H24N4S. The van der Waals surface area contributed by atoms with E-state index in [2.05, 4.69) is 95.6 Å². The summed E-state index contributed by atoms with van der Waals surface area (Å²) in [6.45, 7) is 0. The maximum atomic E-state index is 5.21. The molecule has 1 atom stereocenters. The molecule has 0 fully saturated rings. The Labute approximate surface area is 246 Å². The van der Waals surface area contributed by atoms with Crippen molar-refractivity contribution in [2.45, 2.75) is 12.3 Å². The van der Waals surface area contributed by atoms with Gasteiger partial charge in [-0.05, 0) is 18.1 Å². The Bertz CT molecular complexity index is 2210. The van der Waals surface area contributed by atoms with Crippen LogP contribution in [0.3, 0.4) is 0 Å². The van der Waals surface area contributed by atoms with Crippen LogP contribution in [0.2, 0.25) is 0 Å². The predicted molar refractivity (Wildman–Crippen MR) is 174 cm³/mol. The maximum absolute atomic E-state index is 5.21. The van der Waals surface area contributed by atoms with Gasteiger partial charge in [-0.1, -0.05) is 121 Å². The number of aromatic nitrogens is 4. The molecule has 198 valence electrons. The lowest BCUT2D eigenvalue weighted by atomic mass is 9.82. The van der Waals surface area contributed by atoms with Gasteiger partial charge >= 0.3 is 0 Å². The normalized spacial score (nSPS) is 15.7. The van der Waals surface area contributed by atoms with Crippen molar-refractivity contribution < 1.29 is 0 Å². The number of fused-ring (bicyclic) bond motifs is 9. The monoisotopic (exact) mass is 556 g/mol. The highest BCUT2D eigenvalue weighted by molar-refractivity contribution is 7.26. The van der Waals surface area contributed by atoms with Gasteiger partial charge in [0.2, 0.25) is 5.95 Å². The molecule has 2 aliphatic carbocycles. The SMILES string of the molecule is C1=CCC2C(=C1)C=Cc1c2n(-c2nc(-c3ccccc3)nc(-c3ccccc3)n2)c2c1ccc1c3ccccc3sc12. The van der Waals surface area contributed by atoms with E-state index in [0.29, 0.717) is 17.6 Å². The molecule has 3 aromatic heterocycles. The van der Waals surface area contributed by atoms with Crippen molar-refractivity contribution in [2.75, 3.05) is 0 Å². The molecule has 4 aromatic carbocycles. The van der Waals surface area contributed by atoms with Crippen LogP contribution in [-0.4, -0.2) is 19.5 Å². The summed E-state index contributed by atoms with van der Waals surface area (Å²) in [6.07, 6.45) is 12.2. The molecular weight excluding hydrogens is 533 g/mol. The Balaban J connectivity index is 1.43. The molecule has 0 saturated heterocycles. The van der Waals surface area contributed by atoms with Crippen molar-refractivity contribution in [1.29, 1.82) is 0 Å². The quantitative estimate of drug-likeness (QED) is 0.218. The number of benzene rings is 4. The van der Waals surface area contributed by atoms with Gasteiger partial charge in [0.25, 0.3) is 0 Å². The van der Waals surface area contributed by atoms with E-state index in [1.54, 1.807) is 0 Å². The minimum Gasteiger partial charge on any atom is -0.279 e. The fraction of sp³-hybridized carbons (Fsp3) is 0.0541. The van der Waals surface area contributed by atoms with Crippen LogP contribution in [-0.2, 0) is 0 Å². The third-order valence-corrected chi connectivity index (χ3v) is 9.60. The number of rotatable bonds is 3. The van der Waals surface area contributed by atoms with Gasteiger partial charge in [-0.15, -0.1) is 11.3 Å². The van der Waals surface area contributed by atoms with Crippen molar-refractivity contribution in [3.05, 3.63) is 138 Å². The molecule has 0 aliphatic heterocycles. The summed E-state index contributed by atoms with van der Waals surface area (Å²) in [5, 5.41) is 3.78. The third-order valence-electron chi connectivity index (χ3n) is 8.41. The van der Waals surface area contributed by atoms with E-state index in [4.69, 9.17) is 15.0 Å². The molecule has 0 radical (unpaired) electrons. The van der Waals surface area contributed by atoms with Crippen molar-refractivity contribution in [1.82, 2.24) is 19.5 Å². The molecule has 0 N–H and O–H groups in total. The van der Waals surface area contributed by atoms with E-state index < -0.39 is 0 Å². The molecule has 0 spiro atoms. The first-order chi connectivity index (χ1) is 20.8. The van der Waals surface area contributed by atoms with Crippen LogP contribution in [0.1, 0.15) is 23.6 Å². The lowest BCUT2D eigenvalue weighted by Gasteiger charge is -2.25. The summed E-state index contributed by atoms with van der Waals surface area (Å²) in [5.74, 6) is 2.22. The van der Waals surface area contributed by atoms with Crippen molar-refractivity contribution in [3.63, 3.8) is 0 Å². The van der Waals surface area contributed by atoms with Gasteiger partial charge < -0.3 is 0 Å². The first kappa shape index (κ1) is 23.6. The smallest absolute Gasteiger partial charge is 0.238 e. The Morgan fingerprint density at radius 1 is 0.667 bits per heavy atom. The van der Waals surface area contributed by atoms with Crippen molar-refractivity contribution in [2.24, 2.45) is 0 Å². The van der Waals surface area contributed by atoms with E-state index >= 15 is 0 Å². The topological polar surface area (TPSA) is 43.6 Å². The van der Waals surface area contributed by atoms with Gasteiger partial charge in [-0.2, -0.15) is 9.97 Å². The highest BCUT2D eigenvalue weighted by atomic mass is 32.1. The lowest BCUT2D eigenvalue weighted by molar-refractivity contribution is 0.742. The Kier molecular flexibility index (Phi) is 5.16. The molecule has 0 saturated carbocycles. The van der Waals surface area contributed by atoms with Gasteiger partial charge in [0.05, 0.1) is 10.2 Å². The molecule has 5 heteroatoms. The first-order valence-electron chi connectivity index (χ1n) is 14.2. The zero-order valence-corrected chi connectivity index (χ0v) is 23.4. The van der Waals surface area contributed by atoms with Crippen LogP contribution in [0.25, 0.3) is 65.9 Å². The summed E-state index contributed by atoms with van der Waals surface area (Å²) < 4.78 is 4.90. The number of thiophene rings is 1. The number of hydrogen-bond acceptors (Lipinski definition) is 4. The standard InChI is InChI=1S/C37H24N4S/c1-3-12-24(13-4-1)35-38-36(25-14-5-2-6-15-25)40-37(39-35)41-32-26-16-8-7-11-23(26)19-20-28(32)29-21-22-30-27-17-9-10-18-31(27)42-34(30)33(29)41/h1-15,17-22,26H,16H2. The van der Waals surface area contributed by atoms with Gasteiger partial charge in [0.1, 0.15) is 0 Å². The van der Waals surface area contributed by atoms with Crippen LogP contribution in [0.15, 0.2) is 127 Å². The molecule has 0 amide bonds. The number of hydrogen-bond donors (Lipinski definition) is 0. The summed E-state index contributed by atoms with van der Waals surface area (Å²) >= 11 is 1.85. The Hall–Kier alpha value is -5.13. The highest BCUT2D eigenvalue weighted by Crippen LogP contribution is 2.48. The average Bonchev–Trinajstić information content (AvgIpc) is 3.62. The van der Waals surface area contributed by atoms with Crippen LogP contribution in [0.5, 0.6) is 0 Å². The summed E-state index contributed by atoms with van der Waals surface area (Å²) in [6, 6.07) is 33.7. The van der Waals surface area contributed by atoms with Crippen LogP contribution in [0, 0.1) is 0 Å². The van der Waals surface area contributed by atoms with Crippen LogP contribution < -0.4 is 0 Å². The summed E-state index contributed by atoms with van der Waals surface area (Å²) in [5.41, 5.74) is 6.93. The molecule has 1 unspecified atom stereocenters. The fourth-order valence-electron chi connectivity index (χ4n) is 6.48. The molecule has 9 rings (SSSR count). The van der Waals surface area contributed by atoms with Crippen LogP contribution >= 0.6 is 11.3 Å². The largest absolute Gasteiger partial charge is 0.279 e. The second-order valence-electron chi connectivity index (χ2n) is 10.8. The van der Waals surface area contributed by atoms with Gasteiger partial charge in [0, 0.05) is 49.2 Å². The van der Waals surface area contributed by atoms with E-state index in [1.165, 1.54) is 47.9 Å². The minimum atomic E-state index is 0.226. The second kappa shape index (κ2) is 9.20. The van der Waals surface area contributed by atoms with E-state index in [0.717, 1.165) is 17.5 Å². The number of allylic oxidation sites excluding steroid dienone is 5. The highest BCUT2D eigenvalue weighted by Gasteiger charge is 2.31. The second-order valence-corrected chi connectivity index (χ2v) is 11.9. The van der Waals surface area contributed by atoms with Crippen LogP contribution in [0.4, 0.5) is 0 Å². The maximum Gasteiger partial charge on any atom is 0.238 e. The summed E-state index contributed by atoms with van der Waals surface area (Å²) in [7, 11) is 0. The van der Waals surface area contributed by atoms with Gasteiger partial charge in [0.15, 0.2) is 11.6 Å². The van der Waals surface area contributed by atoms with Crippen molar-refractivity contribution >= 4 is 48.5 Å². The van der Waals surface area contributed by atoms with Crippen molar-refractivity contribution in [3.8, 4) is 28.7 Å². The van der Waals surface area contributed by atoms with E-state index in [-0.39, 0.29) is 5.92 Å². The molecule has 3 heterocycles. The van der Waals surface area contributed by atoms with Gasteiger partial charge in [-0.3, -0.25) is 4.57 Å². The molecule has 7 aromatic rings. The molecule has 2 aliphatic rings. The molecule has 4 nitrogen and oxygen atoms in total. The zero-order chi connectivity index (χ0) is 27.6. The van der Waals surface area contributed by atoms with E-state index in [9.17, 15) is 0 Å². The number of nitrogens with zero attached hydrogens (tertiary/aromatic N) is 4. The predicted octanol–water partition coefficient (Wildman–Crippen LogP) is 9.51. The van der Waals surface area contributed by atoms with E-state index in [1.807, 2.05) is 47.7 Å². The Morgan fingerprint density at radius 2 is 1.36 bits per heavy atom. The molecule has 0 bridgehead atoms. The average molecular weight is 557 g/mol. The van der Waals surface area contributed by atoms with Gasteiger partial charge in [-0.25, -0.2) is 4.98 Å². The first-order valence-corrected chi connectivity index (χ1v) is 15.1. The lowest BCUT2D eigenvalue weighted by Crippen LogP contribution is -2.15. The zero-order valence-electron chi connectivity index (χ0n) is 22.6. The minimum absolute atomic E-state index is 0.226. The molecule has 42 heavy (non-hydrogen) atoms. The third kappa shape index (κ3) is 3.50. The Morgan fingerprint density at radius 3 is 2.12 bits per heavy atom. The summed E-state index contributed by atoms with van der Waals surface area (Å²) in [4.78, 5) is 15.4. The fourth-order valence-corrected chi connectivity index (χ4v) is 7.72.